The van der Waals surface area contributed by atoms with Crippen molar-refractivity contribution < 1.29 is 23.5 Å². The van der Waals surface area contributed by atoms with E-state index in [1.165, 1.54) is 6.07 Å². The van der Waals surface area contributed by atoms with Crippen molar-refractivity contribution in [3.63, 3.8) is 0 Å². The van der Waals surface area contributed by atoms with Gasteiger partial charge in [-0.15, -0.1) is 0 Å². The Bertz CT molecular complexity index is 957. The summed E-state index contributed by atoms with van der Waals surface area (Å²) in [5, 5.41) is 0. The Hall–Kier alpha value is -2.93. The summed E-state index contributed by atoms with van der Waals surface area (Å²) in [6.45, 7) is 5.81. The topological polar surface area (TPSA) is 59.1 Å². The van der Waals surface area contributed by atoms with Gasteiger partial charge in [-0.1, -0.05) is 6.07 Å². The van der Waals surface area contributed by atoms with Crippen LogP contribution in [0, 0.1) is 18.7 Å². The number of ether oxygens (including phenoxy) is 2. The molecule has 7 heteroatoms. The number of likely N-dealkylation sites (tertiary alicyclic amines) is 1. The molecule has 0 saturated carbocycles. The zero-order valence-electron chi connectivity index (χ0n) is 18.4. The quantitative estimate of drug-likeness (QED) is 0.714. The van der Waals surface area contributed by atoms with Crippen LogP contribution in [0.15, 0.2) is 42.5 Å². The van der Waals surface area contributed by atoms with Crippen LogP contribution < -0.4 is 4.74 Å². The first-order valence-corrected chi connectivity index (χ1v) is 11.2. The van der Waals surface area contributed by atoms with Crippen LogP contribution in [0.25, 0.3) is 0 Å². The minimum absolute atomic E-state index is 0.00817. The lowest BCUT2D eigenvalue weighted by molar-refractivity contribution is 0.0303. The summed E-state index contributed by atoms with van der Waals surface area (Å²) in [6, 6.07) is 11.8. The van der Waals surface area contributed by atoms with Gasteiger partial charge in [-0.2, -0.15) is 0 Å². The average Bonchev–Trinajstić information content (AvgIpc) is 2.84. The SMILES string of the molecule is Cc1ccc(C(=O)N2CCC[C@@H](COc3ccc(C(=O)N4CCOCC4)cc3)C2)cc1F. The van der Waals surface area contributed by atoms with Crippen molar-refractivity contribution in [3.8, 4) is 5.75 Å². The molecule has 4 rings (SSSR count). The Labute approximate surface area is 187 Å². The van der Waals surface area contributed by atoms with E-state index in [1.807, 2.05) is 12.1 Å². The Kier molecular flexibility index (Phi) is 7.05. The summed E-state index contributed by atoms with van der Waals surface area (Å²) in [6.07, 6.45) is 1.86. The summed E-state index contributed by atoms with van der Waals surface area (Å²) >= 11 is 0. The van der Waals surface area contributed by atoms with Crippen molar-refractivity contribution in [1.29, 1.82) is 0 Å². The zero-order chi connectivity index (χ0) is 22.5. The van der Waals surface area contributed by atoms with Crippen LogP contribution in [0.3, 0.4) is 0 Å². The Morgan fingerprint density at radius 3 is 2.41 bits per heavy atom. The fourth-order valence-corrected chi connectivity index (χ4v) is 4.15. The summed E-state index contributed by atoms with van der Waals surface area (Å²) in [5.74, 6) is 0.418. The molecule has 2 aromatic rings. The highest BCUT2D eigenvalue weighted by Gasteiger charge is 2.25. The Morgan fingerprint density at radius 1 is 1.00 bits per heavy atom. The van der Waals surface area contributed by atoms with E-state index < -0.39 is 0 Å². The number of halogens is 1. The van der Waals surface area contributed by atoms with Gasteiger partial charge < -0.3 is 19.3 Å². The van der Waals surface area contributed by atoms with Crippen LogP contribution in [0.1, 0.15) is 39.1 Å². The number of amides is 2. The number of hydrogen-bond donors (Lipinski definition) is 0. The monoisotopic (exact) mass is 440 g/mol. The van der Waals surface area contributed by atoms with Gasteiger partial charge in [-0.3, -0.25) is 9.59 Å². The smallest absolute Gasteiger partial charge is 0.254 e. The number of benzene rings is 2. The van der Waals surface area contributed by atoms with E-state index in [-0.39, 0.29) is 23.5 Å². The zero-order valence-corrected chi connectivity index (χ0v) is 18.4. The molecule has 1 atom stereocenters. The molecule has 2 heterocycles. The van der Waals surface area contributed by atoms with Crippen molar-refractivity contribution >= 4 is 11.8 Å². The molecule has 0 aliphatic carbocycles. The highest BCUT2D eigenvalue weighted by molar-refractivity contribution is 5.95. The molecular formula is C25H29FN2O4. The first-order valence-electron chi connectivity index (χ1n) is 11.2. The highest BCUT2D eigenvalue weighted by Crippen LogP contribution is 2.22. The molecular weight excluding hydrogens is 411 g/mol. The molecule has 2 aliphatic rings. The molecule has 0 aromatic heterocycles. The van der Waals surface area contributed by atoms with Crippen molar-refractivity contribution in [2.45, 2.75) is 19.8 Å². The lowest BCUT2D eigenvalue weighted by atomic mass is 9.98. The lowest BCUT2D eigenvalue weighted by Crippen LogP contribution is -2.41. The fraction of sp³-hybridized carbons (Fsp3) is 0.440. The van der Waals surface area contributed by atoms with Crippen LogP contribution in [-0.4, -0.2) is 67.6 Å². The van der Waals surface area contributed by atoms with Gasteiger partial charge >= 0.3 is 0 Å². The molecule has 0 spiro atoms. The van der Waals surface area contributed by atoms with Crippen molar-refractivity contribution in [2.75, 3.05) is 46.0 Å². The molecule has 2 aromatic carbocycles. The van der Waals surface area contributed by atoms with Gasteiger partial charge in [0.15, 0.2) is 0 Å². The fourth-order valence-electron chi connectivity index (χ4n) is 4.15. The molecule has 0 bridgehead atoms. The van der Waals surface area contributed by atoms with Gasteiger partial charge in [-0.05, 0) is 61.7 Å². The lowest BCUT2D eigenvalue weighted by Gasteiger charge is -2.32. The number of rotatable bonds is 5. The number of aryl methyl sites for hydroxylation is 1. The molecule has 2 aliphatic heterocycles. The first kappa shape index (κ1) is 22.3. The predicted molar refractivity (Wildman–Crippen MR) is 118 cm³/mol. The molecule has 170 valence electrons. The highest BCUT2D eigenvalue weighted by atomic mass is 19.1. The van der Waals surface area contributed by atoms with E-state index >= 15 is 0 Å². The molecule has 0 radical (unpaired) electrons. The van der Waals surface area contributed by atoms with E-state index in [1.54, 1.807) is 41.0 Å². The van der Waals surface area contributed by atoms with Crippen LogP contribution >= 0.6 is 0 Å². The van der Waals surface area contributed by atoms with E-state index in [4.69, 9.17) is 9.47 Å². The van der Waals surface area contributed by atoms with Gasteiger partial charge in [0.2, 0.25) is 0 Å². The van der Waals surface area contributed by atoms with Crippen molar-refractivity contribution in [3.05, 3.63) is 65.0 Å². The minimum atomic E-state index is -0.358. The molecule has 2 amide bonds. The normalized spacial score (nSPS) is 19.0. The largest absolute Gasteiger partial charge is 0.493 e. The predicted octanol–water partition coefficient (Wildman–Crippen LogP) is 3.54. The number of piperidine rings is 1. The number of carbonyl (C=O) groups is 2. The van der Waals surface area contributed by atoms with Gasteiger partial charge in [0, 0.05) is 43.2 Å². The molecule has 6 nitrogen and oxygen atoms in total. The second kappa shape index (κ2) is 10.1. The van der Waals surface area contributed by atoms with E-state index in [9.17, 15) is 14.0 Å². The molecule has 32 heavy (non-hydrogen) atoms. The third-order valence-electron chi connectivity index (χ3n) is 6.11. The van der Waals surface area contributed by atoms with Crippen molar-refractivity contribution in [2.24, 2.45) is 5.92 Å². The number of morpholine rings is 1. The maximum absolute atomic E-state index is 13.9. The average molecular weight is 441 g/mol. The van der Waals surface area contributed by atoms with Crippen LogP contribution in [0.4, 0.5) is 4.39 Å². The van der Waals surface area contributed by atoms with Gasteiger partial charge in [0.1, 0.15) is 11.6 Å². The third kappa shape index (κ3) is 5.27. The van der Waals surface area contributed by atoms with Crippen LogP contribution in [0.5, 0.6) is 5.75 Å². The van der Waals surface area contributed by atoms with E-state index in [0.717, 1.165) is 12.8 Å². The van der Waals surface area contributed by atoms with Gasteiger partial charge in [0.25, 0.3) is 11.8 Å². The first-order chi connectivity index (χ1) is 15.5. The molecule has 0 unspecified atom stereocenters. The maximum Gasteiger partial charge on any atom is 0.254 e. The minimum Gasteiger partial charge on any atom is -0.493 e. The standard InChI is InChI=1S/C25H29FN2O4/c1-18-4-5-21(15-23(18)26)25(30)28-10-2-3-19(16-28)17-32-22-8-6-20(7-9-22)24(29)27-11-13-31-14-12-27/h4-9,15,19H,2-3,10-14,16-17H2,1H3/t19-/m1/s1. The van der Waals surface area contributed by atoms with Crippen LogP contribution in [-0.2, 0) is 4.74 Å². The van der Waals surface area contributed by atoms with E-state index in [0.29, 0.717) is 68.4 Å². The van der Waals surface area contributed by atoms with Crippen LogP contribution in [0.2, 0.25) is 0 Å². The number of hydrogen-bond acceptors (Lipinski definition) is 4. The molecule has 2 saturated heterocycles. The maximum atomic E-state index is 13.9. The second-order valence-corrected chi connectivity index (χ2v) is 8.46. The summed E-state index contributed by atoms with van der Waals surface area (Å²) in [4.78, 5) is 28.9. The summed E-state index contributed by atoms with van der Waals surface area (Å²) < 4.78 is 25.1. The number of nitrogens with zero attached hydrogens (tertiary/aromatic N) is 2. The number of carbonyl (C=O) groups excluding carboxylic acids is 2. The Morgan fingerprint density at radius 2 is 1.69 bits per heavy atom. The molecule has 0 N–H and O–H groups in total. The summed E-state index contributed by atoms with van der Waals surface area (Å²) in [7, 11) is 0. The summed E-state index contributed by atoms with van der Waals surface area (Å²) in [5.41, 5.74) is 1.55. The van der Waals surface area contributed by atoms with E-state index in [2.05, 4.69) is 0 Å². The third-order valence-corrected chi connectivity index (χ3v) is 6.11. The van der Waals surface area contributed by atoms with Gasteiger partial charge in [-0.25, -0.2) is 4.39 Å². The van der Waals surface area contributed by atoms with Crippen molar-refractivity contribution in [1.82, 2.24) is 9.80 Å². The Balaban J connectivity index is 1.30. The molecule has 2 fully saturated rings. The second-order valence-electron chi connectivity index (χ2n) is 8.46. The van der Waals surface area contributed by atoms with Gasteiger partial charge in [0.05, 0.1) is 19.8 Å².